The van der Waals surface area contributed by atoms with E-state index in [-0.39, 0.29) is 29.4 Å². The fourth-order valence-corrected chi connectivity index (χ4v) is 3.81. The summed E-state index contributed by atoms with van der Waals surface area (Å²) in [4.78, 5) is 29.1. The van der Waals surface area contributed by atoms with Crippen LogP contribution in [0.15, 0.2) is 66.9 Å². The topological polar surface area (TPSA) is 132 Å². The van der Waals surface area contributed by atoms with Crippen LogP contribution in [-0.2, 0) is 11.3 Å². The standard InChI is InChI=1S/C23H19Cl2N7O2/c24-16-9-15(12-26)21(19(10-16)31(27)13-33)29-23(34)20-11-18(14-5-2-1-3-6-14)30-32(20)22-17(25)7-4-8-28-22/h1-11,13H,12,26-27H2,(H,29,34). The van der Waals surface area contributed by atoms with Crippen molar-refractivity contribution in [1.29, 1.82) is 0 Å². The predicted molar refractivity (Wildman–Crippen MR) is 132 cm³/mol. The number of pyridine rings is 1. The highest BCUT2D eigenvalue weighted by atomic mass is 35.5. The Bertz CT molecular complexity index is 1360. The molecular formula is C23H19Cl2N7O2. The number of hydrogen-bond acceptors (Lipinski definition) is 6. The second kappa shape index (κ2) is 10.0. The summed E-state index contributed by atoms with van der Waals surface area (Å²) in [6, 6.07) is 17.3. The number of carbonyl (C=O) groups excluding carboxylic acids is 2. The molecule has 2 aromatic heterocycles. The molecule has 0 aliphatic heterocycles. The number of anilines is 2. The fourth-order valence-electron chi connectivity index (χ4n) is 3.38. The smallest absolute Gasteiger partial charge is 0.274 e. The minimum atomic E-state index is -0.547. The van der Waals surface area contributed by atoms with E-state index in [2.05, 4.69) is 15.4 Å². The van der Waals surface area contributed by atoms with Gasteiger partial charge in [-0.1, -0.05) is 53.5 Å². The SMILES string of the molecule is NCc1cc(Cl)cc(N(N)C=O)c1NC(=O)c1cc(-c2ccccc2)nn1-c1ncccc1Cl. The first-order valence-corrected chi connectivity index (χ1v) is 10.8. The minimum Gasteiger partial charge on any atom is -0.326 e. The van der Waals surface area contributed by atoms with Crippen LogP contribution >= 0.6 is 23.2 Å². The van der Waals surface area contributed by atoms with E-state index in [1.165, 1.54) is 10.7 Å². The molecule has 2 aromatic carbocycles. The molecule has 0 aliphatic carbocycles. The molecule has 0 saturated heterocycles. The molecule has 11 heteroatoms. The van der Waals surface area contributed by atoms with Crippen molar-refractivity contribution >= 4 is 46.9 Å². The Morgan fingerprint density at radius 3 is 2.56 bits per heavy atom. The van der Waals surface area contributed by atoms with E-state index in [9.17, 15) is 9.59 Å². The van der Waals surface area contributed by atoms with Gasteiger partial charge in [0.15, 0.2) is 5.82 Å². The van der Waals surface area contributed by atoms with Gasteiger partial charge in [-0.2, -0.15) is 5.10 Å². The highest BCUT2D eigenvalue weighted by molar-refractivity contribution is 6.32. The van der Waals surface area contributed by atoms with E-state index in [1.54, 1.807) is 30.5 Å². The summed E-state index contributed by atoms with van der Waals surface area (Å²) in [6.07, 6.45) is 1.94. The Morgan fingerprint density at radius 1 is 1.12 bits per heavy atom. The van der Waals surface area contributed by atoms with Crippen molar-refractivity contribution in [3.8, 4) is 17.1 Å². The van der Waals surface area contributed by atoms with Crippen molar-refractivity contribution < 1.29 is 9.59 Å². The highest BCUT2D eigenvalue weighted by Crippen LogP contribution is 2.33. The summed E-state index contributed by atoms with van der Waals surface area (Å²) in [5.74, 6) is 5.52. The molecule has 0 unspecified atom stereocenters. The third kappa shape index (κ3) is 4.63. The van der Waals surface area contributed by atoms with Crippen LogP contribution in [0.4, 0.5) is 11.4 Å². The zero-order chi connectivity index (χ0) is 24.2. The summed E-state index contributed by atoms with van der Waals surface area (Å²) in [5.41, 5.74) is 8.26. The number of rotatable bonds is 7. The van der Waals surface area contributed by atoms with Crippen LogP contribution in [-0.4, -0.2) is 27.1 Å². The van der Waals surface area contributed by atoms with E-state index in [4.69, 9.17) is 34.8 Å². The van der Waals surface area contributed by atoms with Gasteiger partial charge in [0.05, 0.1) is 22.1 Å². The van der Waals surface area contributed by atoms with Gasteiger partial charge in [0.2, 0.25) is 6.41 Å². The van der Waals surface area contributed by atoms with Crippen LogP contribution in [0.5, 0.6) is 0 Å². The molecule has 5 N–H and O–H groups in total. The molecule has 9 nitrogen and oxygen atoms in total. The lowest BCUT2D eigenvalue weighted by molar-refractivity contribution is -0.107. The highest BCUT2D eigenvalue weighted by Gasteiger charge is 2.23. The Balaban J connectivity index is 1.84. The van der Waals surface area contributed by atoms with E-state index >= 15 is 0 Å². The van der Waals surface area contributed by atoms with Gasteiger partial charge in [-0.3, -0.25) is 9.59 Å². The van der Waals surface area contributed by atoms with Crippen molar-refractivity contribution in [2.75, 3.05) is 10.3 Å². The van der Waals surface area contributed by atoms with E-state index < -0.39 is 5.91 Å². The molecule has 0 radical (unpaired) electrons. The molecule has 0 fully saturated rings. The van der Waals surface area contributed by atoms with Crippen LogP contribution in [0.2, 0.25) is 10.0 Å². The number of amides is 2. The third-order valence-corrected chi connectivity index (χ3v) is 5.48. The Labute approximate surface area is 204 Å². The number of aromatic nitrogens is 3. The largest absolute Gasteiger partial charge is 0.326 e. The molecule has 0 saturated carbocycles. The summed E-state index contributed by atoms with van der Waals surface area (Å²) in [7, 11) is 0. The second-order valence-corrected chi connectivity index (χ2v) is 7.98. The average Bonchev–Trinajstić information content (AvgIpc) is 3.30. The maximum absolute atomic E-state index is 13.5. The molecule has 172 valence electrons. The Morgan fingerprint density at radius 2 is 1.88 bits per heavy atom. The number of carbonyl (C=O) groups is 2. The van der Waals surface area contributed by atoms with Crippen LogP contribution in [0.25, 0.3) is 17.1 Å². The van der Waals surface area contributed by atoms with Crippen molar-refractivity contribution in [2.45, 2.75) is 6.54 Å². The summed E-state index contributed by atoms with van der Waals surface area (Å²) >= 11 is 12.5. The molecule has 34 heavy (non-hydrogen) atoms. The molecule has 2 amide bonds. The maximum Gasteiger partial charge on any atom is 0.274 e. The van der Waals surface area contributed by atoms with E-state index in [0.29, 0.717) is 27.7 Å². The average molecular weight is 496 g/mol. The number of hydrazine groups is 1. The fraction of sp³-hybridized carbons (Fsp3) is 0.0435. The quantitative estimate of drug-likeness (QED) is 0.154. The van der Waals surface area contributed by atoms with E-state index in [1.807, 2.05) is 30.3 Å². The molecule has 0 atom stereocenters. The molecule has 0 aliphatic rings. The lowest BCUT2D eigenvalue weighted by Gasteiger charge is -2.20. The number of nitrogens with two attached hydrogens (primary N) is 2. The first-order chi connectivity index (χ1) is 16.4. The first kappa shape index (κ1) is 23.4. The normalized spacial score (nSPS) is 10.7. The van der Waals surface area contributed by atoms with Gasteiger partial charge < -0.3 is 11.1 Å². The van der Waals surface area contributed by atoms with Crippen LogP contribution in [0.1, 0.15) is 16.1 Å². The Kier molecular flexibility index (Phi) is 6.90. The molecule has 2 heterocycles. The lowest BCUT2D eigenvalue weighted by atomic mass is 10.1. The number of nitrogens with zero attached hydrogens (tertiary/aromatic N) is 4. The molecule has 4 aromatic rings. The van der Waals surface area contributed by atoms with Gasteiger partial charge in [0.1, 0.15) is 5.69 Å². The lowest BCUT2D eigenvalue weighted by Crippen LogP contribution is -2.31. The van der Waals surface area contributed by atoms with Crippen molar-refractivity contribution in [1.82, 2.24) is 14.8 Å². The molecule has 0 spiro atoms. The summed E-state index contributed by atoms with van der Waals surface area (Å²) in [6.45, 7) is 0.0382. The van der Waals surface area contributed by atoms with Crippen molar-refractivity contribution in [3.05, 3.63) is 88.2 Å². The van der Waals surface area contributed by atoms with Gasteiger partial charge >= 0.3 is 0 Å². The van der Waals surface area contributed by atoms with E-state index in [0.717, 1.165) is 10.6 Å². The minimum absolute atomic E-state index is 0.0382. The van der Waals surface area contributed by atoms with Crippen molar-refractivity contribution in [2.24, 2.45) is 11.6 Å². The summed E-state index contributed by atoms with van der Waals surface area (Å²) < 4.78 is 1.36. The number of nitrogens with one attached hydrogen (secondary N) is 1. The molecule has 4 rings (SSSR count). The number of halogens is 2. The van der Waals surface area contributed by atoms with Crippen molar-refractivity contribution in [3.63, 3.8) is 0 Å². The molecule has 0 bridgehead atoms. The zero-order valence-corrected chi connectivity index (χ0v) is 19.2. The second-order valence-electron chi connectivity index (χ2n) is 7.13. The molecular weight excluding hydrogens is 477 g/mol. The monoisotopic (exact) mass is 495 g/mol. The number of hydrogen-bond donors (Lipinski definition) is 3. The van der Waals surface area contributed by atoms with Gasteiger partial charge in [-0.05, 0) is 35.9 Å². The van der Waals surface area contributed by atoms with Crippen LogP contribution < -0.4 is 21.9 Å². The Hall–Kier alpha value is -3.76. The predicted octanol–water partition coefficient (Wildman–Crippen LogP) is 3.79. The van der Waals surface area contributed by atoms with Gasteiger partial charge in [-0.25, -0.2) is 20.5 Å². The van der Waals surface area contributed by atoms with Crippen LogP contribution in [0, 0.1) is 0 Å². The third-order valence-electron chi connectivity index (χ3n) is 4.97. The van der Waals surface area contributed by atoms with Gasteiger partial charge in [0, 0.05) is 23.3 Å². The number of benzene rings is 2. The van der Waals surface area contributed by atoms with Gasteiger partial charge in [-0.15, -0.1) is 0 Å². The first-order valence-electron chi connectivity index (χ1n) is 10.0. The van der Waals surface area contributed by atoms with Crippen LogP contribution in [0.3, 0.4) is 0 Å². The summed E-state index contributed by atoms with van der Waals surface area (Å²) in [5, 5.41) is 8.79. The maximum atomic E-state index is 13.5. The zero-order valence-electron chi connectivity index (χ0n) is 17.7. The van der Waals surface area contributed by atoms with Gasteiger partial charge in [0.25, 0.3) is 5.91 Å².